The minimum atomic E-state index is -0.347. The summed E-state index contributed by atoms with van der Waals surface area (Å²) in [5.41, 5.74) is 6.60. The fourth-order valence-corrected chi connectivity index (χ4v) is 7.52. The van der Waals surface area contributed by atoms with Crippen molar-refractivity contribution in [3.8, 4) is 0 Å². The van der Waals surface area contributed by atoms with Crippen LogP contribution >= 0.6 is 22.6 Å². The normalized spacial score (nSPS) is 30.1. The minimum Gasteiger partial charge on any atom is -0.440 e. The van der Waals surface area contributed by atoms with E-state index in [-0.39, 0.29) is 34.6 Å². The van der Waals surface area contributed by atoms with E-state index in [4.69, 9.17) is 19.7 Å². The summed E-state index contributed by atoms with van der Waals surface area (Å²) in [7, 11) is 0. The fraction of sp³-hybridized carbons (Fsp3) is 0.679. The third kappa shape index (κ3) is 3.83. The number of hydrogen-bond acceptors (Lipinski definition) is 4. The molecule has 5 nitrogen and oxygen atoms in total. The van der Waals surface area contributed by atoms with E-state index in [1.807, 2.05) is 12.4 Å². The number of halogens is 1. The predicted octanol–water partition coefficient (Wildman–Crippen LogP) is 6.33. The quantitative estimate of drug-likeness (QED) is 0.238. The van der Waals surface area contributed by atoms with Crippen molar-refractivity contribution >= 4 is 22.6 Å². The molecule has 1 fully saturated rings. The first kappa shape index (κ1) is 24.6. The van der Waals surface area contributed by atoms with Gasteiger partial charge in [-0.05, 0) is 37.0 Å². The molecule has 184 valence electrons. The summed E-state index contributed by atoms with van der Waals surface area (Å²) in [4.78, 5) is 14.8. The van der Waals surface area contributed by atoms with Gasteiger partial charge in [0.05, 0.1) is 11.3 Å². The van der Waals surface area contributed by atoms with E-state index in [9.17, 15) is 5.11 Å². The van der Waals surface area contributed by atoms with Crippen LogP contribution in [0, 0.1) is 5.41 Å². The van der Waals surface area contributed by atoms with Crippen molar-refractivity contribution in [1.82, 2.24) is 15.0 Å². The van der Waals surface area contributed by atoms with E-state index in [1.54, 1.807) is 0 Å². The Labute approximate surface area is 217 Å². The van der Waals surface area contributed by atoms with Crippen LogP contribution in [-0.4, -0.2) is 24.0 Å². The molecule has 2 aromatic heterocycles. The third-order valence-corrected chi connectivity index (χ3v) is 9.48. The molecular formula is C28H39IN3O2+. The molecule has 0 saturated heterocycles. The highest BCUT2D eigenvalue weighted by atomic mass is 127. The molecule has 4 unspecified atom stereocenters. The number of pyridine rings is 1. The average molecular weight is 577 g/mol. The molecule has 3 aliphatic rings. The zero-order valence-electron chi connectivity index (χ0n) is 21.6. The number of aromatic nitrogens is 3. The van der Waals surface area contributed by atoms with Crippen molar-refractivity contribution < 1.29 is 9.84 Å². The van der Waals surface area contributed by atoms with E-state index in [1.165, 1.54) is 11.1 Å². The number of rotatable bonds is 2. The van der Waals surface area contributed by atoms with Gasteiger partial charge in [-0.3, -0.25) is 4.98 Å². The van der Waals surface area contributed by atoms with Gasteiger partial charge in [-0.25, -0.2) is 9.97 Å². The lowest BCUT2D eigenvalue weighted by Crippen LogP contribution is -2.35. The summed E-state index contributed by atoms with van der Waals surface area (Å²) in [5.74, 6) is 1.12. The maximum Gasteiger partial charge on any atom is 0.182 e. The monoisotopic (exact) mass is 576 g/mol. The largest absolute Gasteiger partial charge is 0.440 e. The van der Waals surface area contributed by atoms with Crippen LogP contribution in [0.4, 0.5) is 0 Å². The van der Waals surface area contributed by atoms with Gasteiger partial charge in [0, 0.05) is 50.5 Å². The van der Waals surface area contributed by atoms with Crippen LogP contribution in [0.5, 0.6) is 0 Å². The summed E-state index contributed by atoms with van der Waals surface area (Å²) in [6.07, 6.45) is 8.55. The van der Waals surface area contributed by atoms with Gasteiger partial charge < -0.3 is 9.84 Å². The van der Waals surface area contributed by atoms with Gasteiger partial charge in [0.15, 0.2) is 6.10 Å². The first-order valence-electron chi connectivity index (χ1n) is 12.8. The van der Waals surface area contributed by atoms with Crippen LogP contribution < -0.4 is 0 Å². The fourth-order valence-electron chi connectivity index (χ4n) is 6.31. The Morgan fingerprint density at radius 3 is 2.38 bits per heavy atom. The van der Waals surface area contributed by atoms with Crippen molar-refractivity contribution in [1.29, 1.82) is 0 Å². The topological polar surface area (TPSA) is 70.8 Å². The predicted molar refractivity (Wildman–Crippen MR) is 144 cm³/mol. The lowest BCUT2D eigenvalue weighted by molar-refractivity contribution is -0.0518. The number of fused-ring (bicyclic) bond motifs is 4. The Morgan fingerprint density at radius 1 is 1.15 bits per heavy atom. The second-order valence-electron chi connectivity index (χ2n) is 12.7. The molecule has 0 amide bonds. The number of hydrogen-bond donors (Lipinski definition) is 0. The van der Waals surface area contributed by atoms with E-state index in [0.717, 1.165) is 60.4 Å². The average Bonchev–Trinajstić information content (AvgIpc) is 3.27. The highest BCUT2D eigenvalue weighted by Crippen LogP contribution is 2.61. The second-order valence-corrected chi connectivity index (χ2v) is 14.2. The van der Waals surface area contributed by atoms with E-state index < -0.39 is 0 Å². The molecule has 34 heavy (non-hydrogen) atoms. The maximum atomic E-state index is 9.21. The summed E-state index contributed by atoms with van der Waals surface area (Å²) < 4.78 is 7.54. The van der Waals surface area contributed by atoms with Crippen LogP contribution in [-0.2, 0) is 22.2 Å². The van der Waals surface area contributed by atoms with Crippen LogP contribution in [0.25, 0.3) is 0 Å². The van der Waals surface area contributed by atoms with Gasteiger partial charge in [-0.2, -0.15) is 0 Å². The number of nitrogens with zero attached hydrogens (tertiary/aromatic N) is 3. The molecular weight excluding hydrogens is 537 g/mol. The third-order valence-electron chi connectivity index (χ3n) is 7.85. The van der Waals surface area contributed by atoms with Gasteiger partial charge in [0.2, 0.25) is 0 Å². The van der Waals surface area contributed by atoms with Crippen molar-refractivity contribution in [3.05, 3.63) is 51.9 Å². The molecule has 3 heterocycles. The van der Waals surface area contributed by atoms with Crippen LogP contribution in [0.15, 0.2) is 12.4 Å². The molecule has 1 spiro atoms. The zero-order valence-corrected chi connectivity index (χ0v) is 23.8. The van der Waals surface area contributed by atoms with Gasteiger partial charge in [-0.1, -0.05) is 71.1 Å². The minimum absolute atomic E-state index is 0.0942. The Hall–Kier alpha value is -1.12. The van der Waals surface area contributed by atoms with E-state index >= 15 is 0 Å². The Morgan fingerprint density at radius 2 is 1.82 bits per heavy atom. The van der Waals surface area contributed by atoms with Gasteiger partial charge >= 0.3 is 0 Å². The van der Waals surface area contributed by atoms with Crippen LogP contribution in [0.1, 0.15) is 132 Å². The smallest absolute Gasteiger partial charge is 0.182 e. The van der Waals surface area contributed by atoms with Gasteiger partial charge in [-0.15, -0.1) is 0 Å². The molecule has 1 saturated carbocycles. The summed E-state index contributed by atoms with van der Waals surface area (Å²) >= 11 is 2.61. The zero-order chi connectivity index (χ0) is 24.6. The van der Waals surface area contributed by atoms with Crippen LogP contribution in [0.2, 0.25) is 0 Å². The molecule has 6 heteroatoms. The lowest BCUT2D eigenvalue weighted by atomic mass is 9.70. The van der Waals surface area contributed by atoms with Crippen molar-refractivity contribution in [2.45, 2.75) is 114 Å². The molecule has 2 N–H and O–H groups in total. The van der Waals surface area contributed by atoms with Gasteiger partial charge in [0.1, 0.15) is 17.5 Å². The first-order valence-corrected chi connectivity index (χ1v) is 14.0. The summed E-state index contributed by atoms with van der Waals surface area (Å²) in [5, 5.41) is 9.21. The molecule has 0 radical (unpaired) electrons. The standard InChI is InChI=1S/C28H38IN3O2/c1-15(2)23-21-22(20-17(32-23)11-27(6,7)12-18(20)33)28(10-8-9-19(28)29)34-24(21)16-13-30-25(31-14-16)26(3,4)5/h13-15,18-19,24,33H,8-12H2,1-7H3/p+1. The van der Waals surface area contributed by atoms with Crippen LogP contribution in [0.3, 0.4) is 0 Å². The SMILES string of the molecule is CC(C)c1nc2c(c3c1C(c1cnc(C(C)(C)C)nc1)OC31CCCC1I)C([OH2+])CC(C)(C)C2. The molecule has 5 rings (SSSR count). The number of ether oxygens (including phenoxy) is 1. The maximum absolute atomic E-state index is 9.21. The van der Waals surface area contributed by atoms with Gasteiger partial charge in [0.25, 0.3) is 0 Å². The summed E-state index contributed by atoms with van der Waals surface area (Å²) in [6.45, 7) is 15.4. The highest BCUT2D eigenvalue weighted by Gasteiger charge is 2.57. The highest BCUT2D eigenvalue weighted by molar-refractivity contribution is 14.1. The Bertz CT molecular complexity index is 1110. The van der Waals surface area contributed by atoms with E-state index in [2.05, 4.69) is 71.1 Å². The van der Waals surface area contributed by atoms with Crippen molar-refractivity contribution in [2.75, 3.05) is 0 Å². The molecule has 1 aliphatic heterocycles. The first-order chi connectivity index (χ1) is 15.8. The Balaban J connectivity index is 1.76. The molecule has 0 bridgehead atoms. The van der Waals surface area contributed by atoms with E-state index in [0.29, 0.717) is 3.92 Å². The molecule has 0 aromatic carbocycles. The molecule has 2 aromatic rings. The lowest BCUT2D eigenvalue weighted by Gasteiger charge is -2.37. The molecule has 2 aliphatic carbocycles. The molecule has 4 atom stereocenters. The Kier molecular flexibility index (Phi) is 5.93. The number of alkyl halides is 1. The second kappa shape index (κ2) is 8.20. The summed E-state index contributed by atoms with van der Waals surface area (Å²) in [6, 6.07) is 0. The van der Waals surface area contributed by atoms with Crippen molar-refractivity contribution in [2.24, 2.45) is 5.41 Å². The van der Waals surface area contributed by atoms with Crippen molar-refractivity contribution in [3.63, 3.8) is 0 Å².